The molecule has 1 fully saturated rings. The Hall–Kier alpha value is -1.52. The molecule has 0 aromatic heterocycles. The molecule has 1 amide bonds. The molecule has 5 nitrogen and oxygen atoms in total. The molecule has 5 heteroatoms. The average molecular weight is 323 g/mol. The maximum Gasteiger partial charge on any atom is 0.415 e. The van der Waals surface area contributed by atoms with Crippen LogP contribution in [0.15, 0.2) is 11.8 Å². The molecule has 2 atom stereocenters. The number of esters is 1. The van der Waals surface area contributed by atoms with Crippen molar-refractivity contribution in [1.82, 2.24) is 4.90 Å². The van der Waals surface area contributed by atoms with E-state index in [1.165, 1.54) is 4.90 Å². The number of allylic oxidation sites excluding steroid dienone is 2. The fourth-order valence-electron chi connectivity index (χ4n) is 3.13. The van der Waals surface area contributed by atoms with E-state index in [9.17, 15) is 9.59 Å². The van der Waals surface area contributed by atoms with Gasteiger partial charge in [-0.25, -0.2) is 9.59 Å². The van der Waals surface area contributed by atoms with Crippen LogP contribution in [0.1, 0.15) is 67.2 Å². The Balaban J connectivity index is 2.25. The van der Waals surface area contributed by atoms with Crippen LogP contribution in [0.3, 0.4) is 0 Å². The number of rotatable bonds is 1. The molecule has 130 valence electrons. The van der Waals surface area contributed by atoms with Gasteiger partial charge in [0.05, 0.1) is 0 Å². The Labute approximate surface area is 139 Å². The first-order chi connectivity index (χ1) is 10.5. The highest BCUT2D eigenvalue weighted by molar-refractivity contribution is 5.84. The van der Waals surface area contributed by atoms with Crippen LogP contribution < -0.4 is 0 Å². The molecule has 0 aromatic rings. The number of carbonyl (C=O) groups excluding carboxylic acids is 2. The second-order valence-corrected chi connectivity index (χ2v) is 8.39. The summed E-state index contributed by atoms with van der Waals surface area (Å²) in [5, 5.41) is 0. The summed E-state index contributed by atoms with van der Waals surface area (Å²) < 4.78 is 11.0. The summed E-state index contributed by atoms with van der Waals surface area (Å²) in [5.41, 5.74) is -0.233. The van der Waals surface area contributed by atoms with Crippen LogP contribution in [0.2, 0.25) is 0 Å². The van der Waals surface area contributed by atoms with Gasteiger partial charge in [0.1, 0.15) is 17.2 Å². The van der Waals surface area contributed by atoms with Crippen molar-refractivity contribution in [3.8, 4) is 0 Å². The summed E-state index contributed by atoms with van der Waals surface area (Å²) in [6, 6.07) is -0.585. The van der Waals surface area contributed by atoms with Crippen molar-refractivity contribution in [2.75, 3.05) is 0 Å². The zero-order valence-corrected chi connectivity index (χ0v) is 15.1. The highest BCUT2D eigenvalue weighted by Crippen LogP contribution is 2.41. The second-order valence-electron chi connectivity index (χ2n) is 8.39. The summed E-state index contributed by atoms with van der Waals surface area (Å²) >= 11 is 0. The smallest absolute Gasteiger partial charge is 0.415 e. The van der Waals surface area contributed by atoms with Gasteiger partial charge in [0.2, 0.25) is 0 Å². The molecule has 2 aliphatic rings. The summed E-state index contributed by atoms with van der Waals surface area (Å²) in [5.74, 6) is -0.104. The van der Waals surface area contributed by atoms with Crippen molar-refractivity contribution in [1.29, 1.82) is 0 Å². The number of nitrogens with zero attached hydrogens (tertiary/aromatic N) is 1. The molecule has 23 heavy (non-hydrogen) atoms. The van der Waals surface area contributed by atoms with Gasteiger partial charge in [-0.3, -0.25) is 4.90 Å². The molecular weight excluding hydrogens is 294 g/mol. The fraction of sp³-hybridized carbons (Fsp3) is 0.778. The largest absolute Gasteiger partial charge is 0.458 e. The lowest BCUT2D eigenvalue weighted by Crippen LogP contribution is -2.45. The SMILES string of the molecule is CC(C)(C)OC(=O)C1CC2CCCC=C2N1C(=O)OC(C)(C)C. The third-order valence-corrected chi connectivity index (χ3v) is 3.90. The monoisotopic (exact) mass is 323 g/mol. The van der Waals surface area contributed by atoms with Gasteiger partial charge < -0.3 is 9.47 Å². The topological polar surface area (TPSA) is 55.8 Å². The van der Waals surface area contributed by atoms with Gasteiger partial charge in [-0.05, 0) is 67.2 Å². The maximum absolute atomic E-state index is 12.7. The molecular formula is C18H29NO4. The standard InChI is InChI=1S/C18H29NO4/c1-17(2,3)22-15(20)14-11-12-9-7-8-10-13(12)19(14)16(21)23-18(4,5)6/h10,12,14H,7-9,11H2,1-6H3. The number of hydrogen-bond acceptors (Lipinski definition) is 4. The van der Waals surface area contributed by atoms with E-state index >= 15 is 0 Å². The summed E-state index contributed by atoms with van der Waals surface area (Å²) in [6.45, 7) is 11.0. The van der Waals surface area contributed by atoms with Gasteiger partial charge in [-0.15, -0.1) is 0 Å². The van der Waals surface area contributed by atoms with Gasteiger partial charge >= 0.3 is 12.1 Å². The number of likely N-dealkylation sites (tertiary alicyclic amines) is 1. The second kappa shape index (κ2) is 6.17. The Morgan fingerprint density at radius 2 is 1.70 bits per heavy atom. The Kier molecular flexibility index (Phi) is 4.79. The van der Waals surface area contributed by atoms with Gasteiger partial charge in [0.15, 0.2) is 0 Å². The molecule has 0 aromatic carbocycles. The third kappa shape index (κ3) is 4.49. The zero-order valence-electron chi connectivity index (χ0n) is 15.1. The van der Waals surface area contributed by atoms with E-state index in [2.05, 4.69) is 6.08 Å². The molecule has 2 unspecified atom stereocenters. The van der Waals surface area contributed by atoms with Gasteiger partial charge in [0.25, 0.3) is 0 Å². The van der Waals surface area contributed by atoms with E-state index in [-0.39, 0.29) is 11.9 Å². The highest BCUT2D eigenvalue weighted by atomic mass is 16.6. The first-order valence-electron chi connectivity index (χ1n) is 8.43. The Morgan fingerprint density at radius 3 is 2.26 bits per heavy atom. The number of fused-ring (bicyclic) bond motifs is 1. The van der Waals surface area contributed by atoms with Crippen molar-refractivity contribution < 1.29 is 19.1 Å². The van der Waals surface area contributed by atoms with Crippen LogP contribution in [0.4, 0.5) is 4.79 Å². The maximum atomic E-state index is 12.7. The van der Waals surface area contributed by atoms with Crippen molar-refractivity contribution in [3.05, 3.63) is 11.8 Å². The Bertz CT molecular complexity index is 510. The number of hydrogen-bond donors (Lipinski definition) is 0. The predicted molar refractivity (Wildman–Crippen MR) is 87.7 cm³/mol. The molecule has 0 saturated carbocycles. The van der Waals surface area contributed by atoms with Gasteiger partial charge in [-0.2, -0.15) is 0 Å². The zero-order chi connectivity index (χ0) is 17.4. The normalized spacial score (nSPS) is 24.8. The number of amides is 1. The number of carbonyl (C=O) groups is 2. The molecule has 1 aliphatic heterocycles. The summed E-state index contributed by atoms with van der Waals surface area (Å²) in [4.78, 5) is 26.8. The van der Waals surface area contributed by atoms with E-state index in [1.807, 2.05) is 41.5 Å². The minimum atomic E-state index is -0.594. The Morgan fingerprint density at radius 1 is 1.09 bits per heavy atom. The first kappa shape index (κ1) is 17.8. The molecule has 0 bridgehead atoms. The van der Waals surface area contributed by atoms with E-state index < -0.39 is 23.3 Å². The minimum absolute atomic E-state index is 0.244. The lowest BCUT2D eigenvalue weighted by atomic mass is 9.91. The molecule has 1 aliphatic carbocycles. The van der Waals surface area contributed by atoms with E-state index in [1.54, 1.807) is 0 Å². The quantitative estimate of drug-likeness (QED) is 0.684. The van der Waals surface area contributed by atoms with Gasteiger partial charge in [0, 0.05) is 11.6 Å². The molecule has 0 radical (unpaired) electrons. The summed E-state index contributed by atoms with van der Waals surface area (Å²) in [6.07, 6.45) is 5.28. The lowest BCUT2D eigenvalue weighted by Gasteiger charge is -2.31. The van der Waals surface area contributed by atoms with Crippen LogP contribution in [0.5, 0.6) is 0 Å². The fourth-order valence-corrected chi connectivity index (χ4v) is 3.13. The summed E-state index contributed by atoms with van der Waals surface area (Å²) in [7, 11) is 0. The number of ether oxygens (including phenoxy) is 2. The van der Waals surface area contributed by atoms with Crippen LogP contribution in [0.25, 0.3) is 0 Å². The van der Waals surface area contributed by atoms with Crippen molar-refractivity contribution >= 4 is 12.1 Å². The molecule has 0 N–H and O–H groups in total. The van der Waals surface area contributed by atoms with E-state index in [0.717, 1.165) is 25.0 Å². The molecule has 2 rings (SSSR count). The molecule has 0 spiro atoms. The highest BCUT2D eigenvalue weighted by Gasteiger charge is 2.47. The van der Waals surface area contributed by atoms with E-state index in [0.29, 0.717) is 6.42 Å². The molecule has 1 heterocycles. The van der Waals surface area contributed by atoms with Crippen LogP contribution in [0, 0.1) is 5.92 Å². The lowest BCUT2D eigenvalue weighted by molar-refractivity contribution is -0.159. The third-order valence-electron chi connectivity index (χ3n) is 3.90. The van der Waals surface area contributed by atoms with Crippen LogP contribution >= 0.6 is 0 Å². The predicted octanol–water partition coefficient (Wildman–Crippen LogP) is 4.02. The van der Waals surface area contributed by atoms with Crippen molar-refractivity contribution in [3.63, 3.8) is 0 Å². The van der Waals surface area contributed by atoms with Crippen LogP contribution in [-0.2, 0) is 14.3 Å². The molecule has 1 saturated heterocycles. The van der Waals surface area contributed by atoms with E-state index in [4.69, 9.17) is 9.47 Å². The first-order valence-corrected chi connectivity index (χ1v) is 8.43. The van der Waals surface area contributed by atoms with Crippen LogP contribution in [-0.4, -0.2) is 34.2 Å². The average Bonchev–Trinajstić information content (AvgIpc) is 2.73. The van der Waals surface area contributed by atoms with Crippen molar-refractivity contribution in [2.45, 2.75) is 84.5 Å². The van der Waals surface area contributed by atoms with Crippen molar-refractivity contribution in [2.24, 2.45) is 5.92 Å². The minimum Gasteiger partial charge on any atom is -0.458 e. The van der Waals surface area contributed by atoms with Gasteiger partial charge in [-0.1, -0.05) is 6.08 Å².